The second-order valence-corrected chi connectivity index (χ2v) is 11.9. The number of halogens is 1. The highest BCUT2D eigenvalue weighted by Crippen LogP contribution is 2.38. The minimum absolute atomic E-state index is 0.0568. The first-order valence-corrected chi connectivity index (χ1v) is 15.6. The molecule has 0 bridgehead atoms. The van der Waals surface area contributed by atoms with E-state index < -0.39 is 24.3 Å². The Morgan fingerprint density at radius 3 is 2.62 bits per heavy atom. The van der Waals surface area contributed by atoms with Crippen LogP contribution in [0.1, 0.15) is 46.8 Å². The van der Waals surface area contributed by atoms with Crippen LogP contribution in [0.15, 0.2) is 71.7 Å². The van der Waals surface area contributed by atoms with E-state index in [1.54, 1.807) is 12.3 Å². The Bertz CT molecular complexity index is 1770. The molecule has 11 heteroatoms. The highest BCUT2D eigenvalue weighted by atomic mass is 19.1. The maximum absolute atomic E-state index is 15.6. The zero-order valence-electron chi connectivity index (χ0n) is 25.0. The second kappa shape index (κ2) is 12.7. The lowest BCUT2D eigenvalue weighted by atomic mass is 9.79. The minimum Gasteiger partial charge on any atom is -0.494 e. The largest absolute Gasteiger partial charge is 0.495 e. The van der Waals surface area contributed by atoms with E-state index in [9.17, 15) is 14.6 Å². The van der Waals surface area contributed by atoms with Gasteiger partial charge in [-0.05, 0) is 48.6 Å². The van der Waals surface area contributed by atoms with Gasteiger partial charge in [-0.2, -0.15) is 0 Å². The quantitative estimate of drug-likeness (QED) is 0.165. The van der Waals surface area contributed by atoms with Crippen LogP contribution < -0.4 is 20.5 Å². The Morgan fingerprint density at radius 1 is 1.04 bits per heavy atom. The Morgan fingerprint density at radius 2 is 1.84 bits per heavy atom. The normalized spacial score (nSPS) is 16.7. The van der Waals surface area contributed by atoms with E-state index in [2.05, 4.69) is 4.90 Å². The van der Waals surface area contributed by atoms with Crippen LogP contribution in [-0.4, -0.2) is 66.9 Å². The highest BCUT2D eigenvalue weighted by molar-refractivity contribution is 6.62. The van der Waals surface area contributed by atoms with E-state index >= 15 is 4.39 Å². The Balaban J connectivity index is 1.000. The molecule has 1 N–H and O–H groups in total. The predicted molar refractivity (Wildman–Crippen MR) is 170 cm³/mol. The highest BCUT2D eigenvalue weighted by Gasteiger charge is 2.31. The van der Waals surface area contributed by atoms with Crippen LogP contribution in [0.3, 0.4) is 0 Å². The SMILES string of the molecule is O=C(OCc1ccccc1)c1cn(C2CC2)c2cc(N3CCN(CCCOc4cccc5c4B(O)OC5)CC3)c(F)cc2c1=O. The summed E-state index contributed by atoms with van der Waals surface area (Å²) in [7, 11) is -0.942. The summed E-state index contributed by atoms with van der Waals surface area (Å²) in [5.74, 6) is -0.513. The van der Waals surface area contributed by atoms with Crippen molar-refractivity contribution in [2.45, 2.75) is 38.5 Å². The number of ether oxygens (including phenoxy) is 2. The number of fused-ring (bicyclic) bond motifs is 2. The average Bonchev–Trinajstić information content (AvgIpc) is 3.84. The lowest BCUT2D eigenvalue weighted by Gasteiger charge is -2.36. The number of pyridine rings is 1. The molecule has 1 saturated carbocycles. The summed E-state index contributed by atoms with van der Waals surface area (Å²) in [5, 5.41) is 10.3. The van der Waals surface area contributed by atoms with Gasteiger partial charge in [0.1, 0.15) is 23.7 Å². The third-order valence-electron chi connectivity index (χ3n) is 8.86. The number of nitrogens with zero attached hydrogens (tertiary/aromatic N) is 3. The fraction of sp³-hybridized carbons (Fsp3) is 0.353. The molecule has 0 spiro atoms. The molecule has 1 aliphatic carbocycles. The number of rotatable bonds is 10. The van der Waals surface area contributed by atoms with Crippen LogP contribution >= 0.6 is 0 Å². The molecule has 1 aromatic heterocycles. The summed E-state index contributed by atoms with van der Waals surface area (Å²) in [6, 6.07) is 18.2. The molecule has 3 aliphatic rings. The number of hydrogen-bond donors (Lipinski definition) is 1. The Hall–Kier alpha value is -4.19. The molecule has 7 rings (SSSR count). The monoisotopic (exact) mass is 611 g/mol. The van der Waals surface area contributed by atoms with Crippen LogP contribution in [0.5, 0.6) is 5.75 Å². The second-order valence-electron chi connectivity index (χ2n) is 11.9. The molecule has 3 aromatic carbocycles. The van der Waals surface area contributed by atoms with Crippen molar-refractivity contribution >= 4 is 35.1 Å². The molecule has 0 atom stereocenters. The number of piperazine rings is 1. The molecular formula is C34H35BFN3O6. The van der Waals surface area contributed by atoms with Crippen molar-refractivity contribution in [2.24, 2.45) is 0 Å². The van der Waals surface area contributed by atoms with Crippen molar-refractivity contribution in [1.82, 2.24) is 9.47 Å². The molecule has 45 heavy (non-hydrogen) atoms. The van der Waals surface area contributed by atoms with Crippen LogP contribution in [-0.2, 0) is 22.6 Å². The average molecular weight is 611 g/mol. The molecular weight excluding hydrogens is 576 g/mol. The van der Waals surface area contributed by atoms with E-state index in [4.69, 9.17) is 14.1 Å². The molecule has 232 valence electrons. The maximum atomic E-state index is 15.6. The van der Waals surface area contributed by atoms with Crippen molar-refractivity contribution in [3.8, 4) is 5.75 Å². The molecule has 2 fully saturated rings. The van der Waals surface area contributed by atoms with Crippen molar-refractivity contribution in [2.75, 3.05) is 44.2 Å². The lowest BCUT2D eigenvalue weighted by molar-refractivity contribution is 0.0470. The molecule has 3 heterocycles. The molecule has 0 amide bonds. The van der Waals surface area contributed by atoms with E-state index in [-0.39, 0.29) is 23.6 Å². The lowest BCUT2D eigenvalue weighted by Crippen LogP contribution is -2.47. The van der Waals surface area contributed by atoms with Gasteiger partial charge < -0.3 is 28.6 Å². The zero-order valence-corrected chi connectivity index (χ0v) is 25.0. The van der Waals surface area contributed by atoms with Crippen molar-refractivity contribution in [3.05, 3.63) is 99.6 Å². The number of aromatic nitrogens is 1. The van der Waals surface area contributed by atoms with Crippen molar-refractivity contribution < 1.29 is 28.3 Å². The van der Waals surface area contributed by atoms with E-state index in [1.165, 1.54) is 6.07 Å². The van der Waals surface area contributed by atoms with Gasteiger partial charge in [-0.15, -0.1) is 0 Å². The first-order chi connectivity index (χ1) is 22.0. The smallest absolute Gasteiger partial charge is 0.494 e. The third kappa shape index (κ3) is 6.20. The number of benzene rings is 3. The molecule has 2 aliphatic heterocycles. The minimum atomic E-state index is -0.942. The number of carbonyl (C=O) groups is 1. The Kier molecular flexibility index (Phi) is 8.31. The predicted octanol–water partition coefficient (Wildman–Crippen LogP) is 3.64. The number of carbonyl (C=O) groups excluding carboxylic acids is 1. The van der Waals surface area contributed by atoms with Gasteiger partial charge in [-0.25, -0.2) is 9.18 Å². The summed E-state index contributed by atoms with van der Waals surface area (Å²) in [4.78, 5) is 30.7. The third-order valence-corrected chi connectivity index (χ3v) is 8.86. The van der Waals surface area contributed by atoms with Crippen LogP contribution in [0.4, 0.5) is 10.1 Å². The van der Waals surface area contributed by atoms with E-state index in [0.29, 0.717) is 43.3 Å². The first kappa shape index (κ1) is 29.5. The molecule has 4 aromatic rings. The van der Waals surface area contributed by atoms with Crippen LogP contribution in [0.25, 0.3) is 10.9 Å². The maximum Gasteiger partial charge on any atom is 0.495 e. The number of hydrogen-bond acceptors (Lipinski definition) is 8. The van der Waals surface area contributed by atoms with Gasteiger partial charge in [0.05, 0.1) is 24.4 Å². The topological polar surface area (TPSA) is 93.5 Å². The fourth-order valence-corrected chi connectivity index (χ4v) is 6.26. The fourth-order valence-electron chi connectivity index (χ4n) is 6.26. The van der Waals surface area contributed by atoms with Gasteiger partial charge in [-0.1, -0.05) is 42.5 Å². The van der Waals surface area contributed by atoms with Gasteiger partial charge in [0.15, 0.2) is 0 Å². The van der Waals surface area contributed by atoms with E-state index in [1.807, 2.05) is 58.0 Å². The zero-order chi connectivity index (χ0) is 30.9. The first-order valence-electron chi connectivity index (χ1n) is 15.6. The van der Waals surface area contributed by atoms with Crippen molar-refractivity contribution in [3.63, 3.8) is 0 Å². The van der Waals surface area contributed by atoms with E-state index in [0.717, 1.165) is 55.5 Å². The van der Waals surface area contributed by atoms with Crippen molar-refractivity contribution in [1.29, 1.82) is 0 Å². The summed E-state index contributed by atoms with van der Waals surface area (Å²) in [6.07, 6.45) is 4.28. The van der Waals surface area contributed by atoms with Crippen LogP contribution in [0, 0.1) is 5.82 Å². The number of esters is 1. The summed E-state index contributed by atoms with van der Waals surface area (Å²) in [5.41, 5.74) is 3.02. The summed E-state index contributed by atoms with van der Waals surface area (Å²) >= 11 is 0. The van der Waals surface area contributed by atoms with Gasteiger partial charge >= 0.3 is 13.1 Å². The summed E-state index contributed by atoms with van der Waals surface area (Å²) < 4.78 is 34.3. The molecule has 0 unspecified atom stereocenters. The summed E-state index contributed by atoms with van der Waals surface area (Å²) in [6.45, 7) is 4.64. The molecule has 9 nitrogen and oxygen atoms in total. The Labute approximate surface area is 260 Å². The van der Waals surface area contributed by atoms with Gasteiger partial charge in [0.25, 0.3) is 0 Å². The molecule has 1 saturated heterocycles. The van der Waals surface area contributed by atoms with Gasteiger partial charge in [0.2, 0.25) is 5.43 Å². The standard InChI is InChI=1S/C34H35BFN3O6/c36-28-18-26-29(39(25-10-11-25)20-27(33(26)40)34(41)44-21-23-6-2-1-3-7-23)19-30(28)38-15-13-37(14-16-38)12-5-17-43-31-9-4-8-24-22-45-35(42)32(24)31/h1-4,6-9,18-20,25,42H,5,10-17,21-22H2. The van der Waals surface area contributed by atoms with Gasteiger partial charge in [0, 0.05) is 55.8 Å². The van der Waals surface area contributed by atoms with Crippen LogP contribution in [0.2, 0.25) is 0 Å². The molecule has 0 radical (unpaired) electrons. The number of anilines is 1. The van der Waals surface area contributed by atoms with Gasteiger partial charge in [-0.3, -0.25) is 9.69 Å².